The molecule has 5 rings (SSSR count). The third-order valence-corrected chi connectivity index (χ3v) is 8.27. The minimum absolute atomic E-state index is 0.00197. The van der Waals surface area contributed by atoms with E-state index >= 15 is 0 Å². The molecule has 0 bridgehead atoms. The molecule has 2 N–H and O–H groups in total. The van der Waals surface area contributed by atoms with Crippen molar-refractivity contribution < 1.29 is 22.7 Å². The average Bonchev–Trinajstić information content (AvgIpc) is 3.39. The number of carbonyl (C=O) groups is 2. The van der Waals surface area contributed by atoms with Gasteiger partial charge in [0.2, 0.25) is 0 Å². The number of aromatic nitrogens is 3. The maximum Gasteiger partial charge on any atom is 0.339 e. The molecule has 1 amide bonds. The highest BCUT2D eigenvalue weighted by Crippen LogP contribution is 2.32. The highest BCUT2D eigenvalue weighted by Gasteiger charge is 2.23. The first-order valence-electron chi connectivity index (χ1n) is 11.8. The van der Waals surface area contributed by atoms with Crippen LogP contribution in [-0.2, 0) is 19.6 Å². The van der Waals surface area contributed by atoms with Crippen LogP contribution in [0.3, 0.4) is 0 Å². The summed E-state index contributed by atoms with van der Waals surface area (Å²) in [5.41, 5.74) is 2.03. The zero-order valence-corrected chi connectivity index (χ0v) is 23.1. The van der Waals surface area contributed by atoms with Crippen molar-refractivity contribution in [2.24, 2.45) is 0 Å². The SMILES string of the molecule is CC(OC(=O)c1ccccc1-c1nc2ccccc2s1)C(=O)Nc1ccc(S(=O)(=O)Nc2ccc(Cl)nn2)cc1. The Hall–Kier alpha value is -4.39. The number of thiazole rings is 1. The van der Waals surface area contributed by atoms with Crippen LogP contribution >= 0.6 is 22.9 Å². The van der Waals surface area contributed by atoms with Crippen molar-refractivity contribution in [1.82, 2.24) is 15.2 Å². The standard InChI is InChI=1S/C27H20ClN5O5S2/c1-16(38-27(35)20-7-3-2-6-19(20)26-30-21-8-4-5-9-22(21)39-26)25(34)29-17-10-12-18(13-11-17)40(36,37)33-24-15-14-23(28)31-32-24/h2-16H,1H3,(H,29,34)(H,32,33). The molecule has 1 atom stereocenters. The van der Waals surface area contributed by atoms with Gasteiger partial charge in [-0.3, -0.25) is 9.52 Å². The molecule has 202 valence electrons. The third kappa shape index (κ3) is 6.09. The molecule has 0 saturated carbocycles. The fourth-order valence-electron chi connectivity index (χ4n) is 3.64. The zero-order valence-electron chi connectivity index (χ0n) is 20.7. The molecule has 2 heterocycles. The number of fused-ring (bicyclic) bond motifs is 1. The summed E-state index contributed by atoms with van der Waals surface area (Å²) in [5.74, 6) is -1.26. The number of hydrogen-bond donors (Lipinski definition) is 2. The number of esters is 1. The lowest BCUT2D eigenvalue weighted by Crippen LogP contribution is -2.30. The van der Waals surface area contributed by atoms with E-state index in [2.05, 4.69) is 25.2 Å². The lowest BCUT2D eigenvalue weighted by molar-refractivity contribution is -0.123. The van der Waals surface area contributed by atoms with Crippen LogP contribution in [0, 0.1) is 0 Å². The number of carbonyl (C=O) groups excluding carboxylic acids is 2. The van der Waals surface area contributed by atoms with Gasteiger partial charge in [-0.2, -0.15) is 0 Å². The van der Waals surface area contributed by atoms with Crippen molar-refractivity contribution in [2.75, 3.05) is 10.0 Å². The molecule has 0 aliphatic heterocycles. The fourth-order valence-corrected chi connectivity index (χ4v) is 5.74. The molecule has 0 aliphatic rings. The number of nitrogens with one attached hydrogen (secondary N) is 2. The van der Waals surface area contributed by atoms with Gasteiger partial charge in [-0.1, -0.05) is 41.9 Å². The Balaban J connectivity index is 1.24. The van der Waals surface area contributed by atoms with Crippen molar-refractivity contribution in [3.8, 4) is 10.6 Å². The molecule has 0 radical (unpaired) electrons. The Morgan fingerprint density at radius 2 is 1.65 bits per heavy atom. The Kier molecular flexibility index (Phi) is 7.74. The van der Waals surface area contributed by atoms with Gasteiger partial charge in [0.25, 0.3) is 15.9 Å². The molecule has 3 aromatic carbocycles. The van der Waals surface area contributed by atoms with E-state index in [0.29, 0.717) is 16.3 Å². The number of benzene rings is 3. The lowest BCUT2D eigenvalue weighted by atomic mass is 10.1. The van der Waals surface area contributed by atoms with Gasteiger partial charge < -0.3 is 10.1 Å². The maximum atomic E-state index is 13.0. The van der Waals surface area contributed by atoms with Crippen molar-refractivity contribution in [2.45, 2.75) is 17.9 Å². The summed E-state index contributed by atoms with van der Waals surface area (Å²) < 4.78 is 33.9. The first kappa shape index (κ1) is 27.2. The summed E-state index contributed by atoms with van der Waals surface area (Å²) in [6, 6.07) is 22.8. The fraction of sp³-hybridized carbons (Fsp3) is 0.0741. The number of halogens is 1. The van der Waals surface area contributed by atoms with E-state index in [4.69, 9.17) is 16.3 Å². The number of amides is 1. The van der Waals surface area contributed by atoms with Gasteiger partial charge in [0.1, 0.15) is 5.01 Å². The minimum atomic E-state index is -3.95. The molecule has 5 aromatic rings. The second-order valence-corrected chi connectivity index (χ2v) is 11.5. The summed E-state index contributed by atoms with van der Waals surface area (Å²) >= 11 is 7.13. The summed E-state index contributed by atoms with van der Waals surface area (Å²) in [7, 11) is -3.95. The molecular weight excluding hydrogens is 574 g/mol. The van der Waals surface area contributed by atoms with Crippen LogP contribution in [-0.4, -0.2) is 41.6 Å². The summed E-state index contributed by atoms with van der Waals surface area (Å²) in [5, 5.41) is 10.7. The first-order chi connectivity index (χ1) is 19.2. The van der Waals surface area contributed by atoms with Crippen LogP contribution in [0.1, 0.15) is 17.3 Å². The monoisotopic (exact) mass is 593 g/mol. The molecule has 0 aliphatic carbocycles. The number of sulfonamides is 1. The second-order valence-electron chi connectivity index (χ2n) is 8.44. The van der Waals surface area contributed by atoms with Crippen molar-refractivity contribution in [3.05, 3.63) is 95.6 Å². The average molecular weight is 594 g/mol. The van der Waals surface area contributed by atoms with Crippen LogP contribution in [0.15, 0.2) is 89.8 Å². The molecular formula is C27H20ClN5O5S2. The number of rotatable bonds is 8. The van der Waals surface area contributed by atoms with Gasteiger partial charge in [0.15, 0.2) is 17.1 Å². The highest BCUT2D eigenvalue weighted by molar-refractivity contribution is 7.92. The second kappa shape index (κ2) is 11.4. The first-order valence-corrected chi connectivity index (χ1v) is 14.5. The van der Waals surface area contributed by atoms with Gasteiger partial charge in [-0.25, -0.2) is 18.2 Å². The van der Waals surface area contributed by atoms with Crippen molar-refractivity contribution in [3.63, 3.8) is 0 Å². The van der Waals surface area contributed by atoms with Crippen LogP contribution in [0.2, 0.25) is 5.15 Å². The van der Waals surface area contributed by atoms with Crippen LogP contribution in [0.5, 0.6) is 0 Å². The Morgan fingerprint density at radius 1 is 0.925 bits per heavy atom. The van der Waals surface area contributed by atoms with Gasteiger partial charge >= 0.3 is 5.97 Å². The Bertz CT molecular complexity index is 1780. The van der Waals surface area contributed by atoms with Crippen LogP contribution < -0.4 is 10.0 Å². The molecule has 40 heavy (non-hydrogen) atoms. The van der Waals surface area contributed by atoms with Crippen molar-refractivity contribution in [1.29, 1.82) is 0 Å². The number of ether oxygens (including phenoxy) is 1. The molecule has 2 aromatic heterocycles. The molecule has 13 heteroatoms. The quantitative estimate of drug-likeness (QED) is 0.228. The van der Waals surface area contributed by atoms with Gasteiger partial charge in [-0.05, 0) is 61.5 Å². The molecule has 10 nitrogen and oxygen atoms in total. The normalized spacial score (nSPS) is 12.1. The van der Waals surface area contributed by atoms with E-state index in [1.54, 1.807) is 24.3 Å². The maximum absolute atomic E-state index is 13.0. The predicted octanol–water partition coefficient (Wildman–Crippen LogP) is 5.39. The van der Waals surface area contributed by atoms with E-state index in [1.165, 1.54) is 54.7 Å². The van der Waals surface area contributed by atoms with Gasteiger partial charge in [-0.15, -0.1) is 21.5 Å². The van der Waals surface area contributed by atoms with Gasteiger partial charge in [0, 0.05) is 11.3 Å². The van der Waals surface area contributed by atoms with E-state index < -0.39 is 28.0 Å². The number of para-hydroxylation sites is 1. The van der Waals surface area contributed by atoms with E-state index in [-0.39, 0.29) is 21.4 Å². The molecule has 0 saturated heterocycles. The summed E-state index contributed by atoms with van der Waals surface area (Å²) in [6.45, 7) is 1.45. The number of anilines is 2. The minimum Gasteiger partial charge on any atom is -0.449 e. The molecule has 0 fully saturated rings. The predicted molar refractivity (Wildman–Crippen MR) is 153 cm³/mol. The summed E-state index contributed by atoms with van der Waals surface area (Å²) in [4.78, 5) is 30.3. The lowest BCUT2D eigenvalue weighted by Gasteiger charge is -2.15. The van der Waals surface area contributed by atoms with Crippen molar-refractivity contribution >= 4 is 66.6 Å². The number of nitrogens with zero attached hydrogens (tertiary/aromatic N) is 3. The Morgan fingerprint density at radius 3 is 2.38 bits per heavy atom. The van der Waals surface area contributed by atoms with E-state index in [0.717, 1.165) is 10.2 Å². The molecule has 1 unspecified atom stereocenters. The Labute approximate surface area is 238 Å². The molecule has 0 spiro atoms. The third-order valence-electron chi connectivity index (χ3n) is 5.63. The highest BCUT2D eigenvalue weighted by atomic mass is 35.5. The van der Waals surface area contributed by atoms with Gasteiger partial charge in [0.05, 0.1) is 20.7 Å². The topological polar surface area (TPSA) is 140 Å². The van der Waals surface area contributed by atoms with E-state index in [9.17, 15) is 18.0 Å². The van der Waals surface area contributed by atoms with E-state index in [1.807, 2.05) is 24.3 Å². The van der Waals surface area contributed by atoms with Crippen LogP contribution in [0.4, 0.5) is 11.5 Å². The number of hydrogen-bond acceptors (Lipinski definition) is 9. The van der Waals surface area contributed by atoms with Crippen LogP contribution in [0.25, 0.3) is 20.8 Å². The summed E-state index contributed by atoms with van der Waals surface area (Å²) in [6.07, 6.45) is -1.13. The zero-order chi connectivity index (χ0) is 28.3. The smallest absolute Gasteiger partial charge is 0.339 e. The largest absolute Gasteiger partial charge is 0.449 e.